The predicted molar refractivity (Wildman–Crippen MR) is 127 cm³/mol. The van der Waals surface area contributed by atoms with Gasteiger partial charge in [0.05, 0.1) is 11.4 Å². The number of para-hydroxylation sites is 1. The molecule has 1 aliphatic heterocycles. The van der Waals surface area contributed by atoms with Crippen molar-refractivity contribution in [3.05, 3.63) is 66.2 Å². The lowest BCUT2D eigenvalue weighted by Gasteiger charge is -2.32. The van der Waals surface area contributed by atoms with Gasteiger partial charge in [0.15, 0.2) is 0 Å². The average Bonchev–Trinajstić information content (AvgIpc) is 3.23. The van der Waals surface area contributed by atoms with Crippen LogP contribution < -0.4 is 5.32 Å². The SMILES string of the molecule is Cc1ccccc1-n1nc(-c2ccccc2)cc1NC(=O)C1CCN(C(=O)C(C)C)CC1. The monoisotopic (exact) mass is 430 g/mol. The molecule has 6 heteroatoms. The molecule has 0 aliphatic carbocycles. The maximum absolute atomic E-state index is 13.1. The van der Waals surface area contributed by atoms with Gasteiger partial charge in [0, 0.05) is 36.6 Å². The van der Waals surface area contributed by atoms with E-state index < -0.39 is 0 Å². The first kappa shape index (κ1) is 21.8. The zero-order chi connectivity index (χ0) is 22.7. The Bertz CT molecular complexity index is 1100. The van der Waals surface area contributed by atoms with Crippen LogP contribution >= 0.6 is 0 Å². The number of hydrogen-bond donors (Lipinski definition) is 1. The van der Waals surface area contributed by atoms with Crippen molar-refractivity contribution >= 4 is 17.6 Å². The number of benzene rings is 2. The molecule has 0 bridgehead atoms. The zero-order valence-electron chi connectivity index (χ0n) is 18.9. The summed E-state index contributed by atoms with van der Waals surface area (Å²) in [6.07, 6.45) is 1.35. The second-order valence-electron chi connectivity index (χ2n) is 8.72. The van der Waals surface area contributed by atoms with Crippen LogP contribution in [-0.4, -0.2) is 39.6 Å². The van der Waals surface area contributed by atoms with Crippen molar-refractivity contribution in [2.75, 3.05) is 18.4 Å². The van der Waals surface area contributed by atoms with E-state index in [0.29, 0.717) is 31.7 Å². The van der Waals surface area contributed by atoms with E-state index in [-0.39, 0.29) is 23.7 Å². The number of carbonyl (C=O) groups is 2. The lowest BCUT2D eigenvalue weighted by Crippen LogP contribution is -2.43. The summed E-state index contributed by atoms with van der Waals surface area (Å²) in [7, 11) is 0. The molecule has 166 valence electrons. The van der Waals surface area contributed by atoms with Crippen LogP contribution in [0.25, 0.3) is 16.9 Å². The summed E-state index contributed by atoms with van der Waals surface area (Å²) in [5, 5.41) is 7.93. The van der Waals surface area contributed by atoms with Crippen molar-refractivity contribution in [2.24, 2.45) is 11.8 Å². The third kappa shape index (κ3) is 4.59. The Labute approximate surface area is 189 Å². The van der Waals surface area contributed by atoms with Gasteiger partial charge in [0.1, 0.15) is 5.82 Å². The number of rotatable bonds is 5. The van der Waals surface area contributed by atoms with E-state index in [9.17, 15) is 9.59 Å². The highest BCUT2D eigenvalue weighted by Crippen LogP contribution is 2.27. The fourth-order valence-electron chi connectivity index (χ4n) is 4.16. The van der Waals surface area contributed by atoms with Crippen LogP contribution in [0.2, 0.25) is 0 Å². The van der Waals surface area contributed by atoms with Crippen LogP contribution in [0.1, 0.15) is 32.3 Å². The Morgan fingerprint density at radius 1 is 1.00 bits per heavy atom. The van der Waals surface area contributed by atoms with E-state index in [4.69, 9.17) is 5.10 Å². The number of hydrogen-bond acceptors (Lipinski definition) is 3. The molecule has 2 amide bonds. The molecule has 1 aromatic heterocycles. The third-order valence-corrected chi connectivity index (χ3v) is 6.05. The molecule has 2 heterocycles. The topological polar surface area (TPSA) is 67.2 Å². The number of amides is 2. The van der Waals surface area contributed by atoms with Gasteiger partial charge < -0.3 is 10.2 Å². The van der Waals surface area contributed by atoms with Gasteiger partial charge in [0.25, 0.3) is 0 Å². The van der Waals surface area contributed by atoms with E-state index in [0.717, 1.165) is 22.5 Å². The van der Waals surface area contributed by atoms with Crippen LogP contribution in [0.15, 0.2) is 60.7 Å². The molecular weight excluding hydrogens is 400 g/mol. The molecule has 0 saturated carbocycles. The first-order chi connectivity index (χ1) is 15.4. The molecule has 1 N–H and O–H groups in total. The minimum atomic E-state index is -0.119. The van der Waals surface area contributed by atoms with Crippen LogP contribution in [0.3, 0.4) is 0 Å². The molecule has 2 aromatic carbocycles. The summed E-state index contributed by atoms with van der Waals surface area (Å²) in [6.45, 7) is 7.12. The van der Waals surface area contributed by atoms with E-state index in [1.165, 1.54) is 0 Å². The highest BCUT2D eigenvalue weighted by molar-refractivity contribution is 5.93. The van der Waals surface area contributed by atoms with Gasteiger partial charge in [-0.25, -0.2) is 4.68 Å². The van der Waals surface area contributed by atoms with Crippen LogP contribution in [-0.2, 0) is 9.59 Å². The molecular formula is C26H30N4O2. The first-order valence-corrected chi connectivity index (χ1v) is 11.2. The summed E-state index contributed by atoms with van der Waals surface area (Å²) in [4.78, 5) is 27.3. The van der Waals surface area contributed by atoms with Crippen molar-refractivity contribution in [1.29, 1.82) is 0 Å². The molecule has 6 nitrogen and oxygen atoms in total. The molecule has 32 heavy (non-hydrogen) atoms. The quantitative estimate of drug-likeness (QED) is 0.639. The van der Waals surface area contributed by atoms with Crippen molar-refractivity contribution in [3.8, 4) is 16.9 Å². The maximum Gasteiger partial charge on any atom is 0.228 e. The summed E-state index contributed by atoms with van der Waals surface area (Å²) in [6, 6.07) is 19.9. The standard InChI is InChI=1S/C26H30N4O2/c1-18(2)26(32)29-15-13-21(14-16-29)25(31)27-24-17-22(20-10-5-4-6-11-20)28-30(24)23-12-8-7-9-19(23)3/h4-12,17-18,21H,13-16H2,1-3H3,(H,27,31). The first-order valence-electron chi connectivity index (χ1n) is 11.2. The van der Waals surface area contributed by atoms with E-state index >= 15 is 0 Å². The summed E-state index contributed by atoms with van der Waals surface area (Å²) < 4.78 is 1.81. The number of piperidine rings is 1. The highest BCUT2D eigenvalue weighted by Gasteiger charge is 2.29. The van der Waals surface area contributed by atoms with Gasteiger partial charge >= 0.3 is 0 Å². The predicted octanol–water partition coefficient (Wildman–Crippen LogP) is 4.68. The Morgan fingerprint density at radius 3 is 2.31 bits per heavy atom. The number of carbonyl (C=O) groups excluding carboxylic acids is 2. The van der Waals surface area contributed by atoms with Gasteiger partial charge in [-0.1, -0.05) is 62.4 Å². The summed E-state index contributed by atoms with van der Waals surface area (Å²) in [5.41, 5.74) is 3.81. The van der Waals surface area contributed by atoms with Crippen LogP contribution in [0.5, 0.6) is 0 Å². The van der Waals surface area contributed by atoms with Gasteiger partial charge in [0.2, 0.25) is 11.8 Å². The number of anilines is 1. The third-order valence-electron chi connectivity index (χ3n) is 6.05. The molecule has 1 fully saturated rings. The minimum Gasteiger partial charge on any atom is -0.342 e. The van der Waals surface area contributed by atoms with Crippen molar-refractivity contribution < 1.29 is 9.59 Å². The van der Waals surface area contributed by atoms with Gasteiger partial charge in [-0.3, -0.25) is 9.59 Å². The molecule has 0 radical (unpaired) electrons. The Kier molecular flexibility index (Phi) is 6.40. The zero-order valence-corrected chi connectivity index (χ0v) is 18.9. The van der Waals surface area contributed by atoms with Crippen LogP contribution in [0, 0.1) is 18.8 Å². The smallest absolute Gasteiger partial charge is 0.228 e. The van der Waals surface area contributed by atoms with Crippen LogP contribution in [0.4, 0.5) is 5.82 Å². The molecule has 4 rings (SSSR count). The number of nitrogens with one attached hydrogen (secondary N) is 1. The Hall–Kier alpha value is -3.41. The largest absolute Gasteiger partial charge is 0.342 e. The number of aromatic nitrogens is 2. The fraction of sp³-hybridized carbons (Fsp3) is 0.346. The lowest BCUT2D eigenvalue weighted by atomic mass is 9.95. The van der Waals surface area contributed by atoms with Gasteiger partial charge in [-0.15, -0.1) is 0 Å². The highest BCUT2D eigenvalue weighted by atomic mass is 16.2. The molecule has 1 saturated heterocycles. The van der Waals surface area contributed by atoms with E-state index in [1.807, 2.05) is 91.0 Å². The fourth-order valence-corrected chi connectivity index (χ4v) is 4.16. The van der Waals surface area contributed by atoms with Gasteiger partial charge in [-0.05, 0) is 31.4 Å². The van der Waals surface area contributed by atoms with E-state index in [1.54, 1.807) is 0 Å². The molecule has 0 spiro atoms. The summed E-state index contributed by atoms with van der Waals surface area (Å²) >= 11 is 0. The number of aryl methyl sites for hydroxylation is 1. The number of nitrogens with zero attached hydrogens (tertiary/aromatic N) is 3. The maximum atomic E-state index is 13.1. The molecule has 0 atom stereocenters. The summed E-state index contributed by atoms with van der Waals surface area (Å²) in [5.74, 6) is 0.667. The van der Waals surface area contributed by atoms with Gasteiger partial charge in [-0.2, -0.15) is 5.10 Å². The van der Waals surface area contributed by atoms with E-state index in [2.05, 4.69) is 5.32 Å². The minimum absolute atomic E-state index is 0.0137. The normalized spacial score (nSPS) is 14.6. The van der Waals surface area contributed by atoms with Crippen molar-refractivity contribution in [1.82, 2.24) is 14.7 Å². The Balaban J connectivity index is 1.56. The lowest BCUT2D eigenvalue weighted by molar-refractivity contribution is -0.137. The Morgan fingerprint density at radius 2 is 1.66 bits per heavy atom. The number of likely N-dealkylation sites (tertiary alicyclic amines) is 1. The van der Waals surface area contributed by atoms with Crippen molar-refractivity contribution in [3.63, 3.8) is 0 Å². The molecule has 0 unspecified atom stereocenters. The molecule has 1 aliphatic rings. The molecule has 3 aromatic rings. The van der Waals surface area contributed by atoms with Crippen molar-refractivity contribution in [2.45, 2.75) is 33.6 Å². The second kappa shape index (κ2) is 9.39. The second-order valence-corrected chi connectivity index (χ2v) is 8.72. The average molecular weight is 431 g/mol.